The lowest BCUT2D eigenvalue weighted by Crippen LogP contribution is -2.65. The van der Waals surface area contributed by atoms with Gasteiger partial charge in [-0.15, -0.1) is 0 Å². The number of carbonyl (C=O) groups is 1. The average Bonchev–Trinajstić information content (AvgIpc) is 3.20. The van der Waals surface area contributed by atoms with Crippen LogP contribution in [0.4, 0.5) is 0 Å². The molecule has 4 rings (SSSR count). The summed E-state index contributed by atoms with van der Waals surface area (Å²) in [6.07, 6.45) is 5.98. The van der Waals surface area contributed by atoms with Crippen molar-refractivity contribution < 1.29 is 14.0 Å². The molecule has 0 saturated carbocycles. The van der Waals surface area contributed by atoms with Gasteiger partial charge in [-0.3, -0.25) is 0 Å². The average molecular weight is 358 g/mol. The second-order valence-corrected chi connectivity index (χ2v) is 6.90. The summed E-state index contributed by atoms with van der Waals surface area (Å²) in [5.74, 6) is 0. The maximum absolute atomic E-state index is 12.4. The zero-order chi connectivity index (χ0) is 17.5. The van der Waals surface area contributed by atoms with Gasteiger partial charge in [0.1, 0.15) is 5.70 Å². The molecule has 2 unspecified atom stereocenters. The number of ether oxygens (including phenoxy) is 1. The predicted octanol–water partition coefficient (Wildman–Crippen LogP) is 2.35. The number of hydrogen-bond donors (Lipinski definition) is 0. The van der Waals surface area contributed by atoms with E-state index < -0.39 is 5.66 Å². The SMILES string of the molecule is N#Cc1ccc(C2(N3CCOCC3)CCC3=CN=C[N+]32C=O)c(Cl)c1. The van der Waals surface area contributed by atoms with Crippen LogP contribution in [0.5, 0.6) is 0 Å². The van der Waals surface area contributed by atoms with E-state index in [9.17, 15) is 4.79 Å². The second kappa shape index (κ2) is 6.04. The molecule has 2 saturated heterocycles. The Hall–Kier alpha value is -2.04. The number of amides is 1. The van der Waals surface area contributed by atoms with E-state index in [0.717, 1.165) is 30.5 Å². The molecule has 3 heterocycles. The van der Waals surface area contributed by atoms with Gasteiger partial charge >= 0.3 is 6.41 Å². The Balaban J connectivity index is 1.95. The molecule has 3 aliphatic rings. The first-order valence-electron chi connectivity index (χ1n) is 8.30. The van der Waals surface area contributed by atoms with Crippen molar-refractivity contribution in [1.82, 2.24) is 4.90 Å². The molecule has 0 N–H and O–H groups in total. The predicted molar refractivity (Wildman–Crippen MR) is 92.4 cm³/mol. The van der Waals surface area contributed by atoms with Crippen molar-refractivity contribution in [3.63, 3.8) is 0 Å². The van der Waals surface area contributed by atoms with Gasteiger partial charge < -0.3 is 4.74 Å². The Morgan fingerprint density at radius 1 is 1.40 bits per heavy atom. The van der Waals surface area contributed by atoms with Gasteiger partial charge in [-0.25, -0.2) is 14.7 Å². The Kier molecular flexibility index (Phi) is 3.97. The van der Waals surface area contributed by atoms with E-state index in [1.54, 1.807) is 24.7 Å². The minimum absolute atomic E-state index is 0.0264. The number of benzene rings is 1. The van der Waals surface area contributed by atoms with Crippen molar-refractivity contribution in [2.24, 2.45) is 4.99 Å². The van der Waals surface area contributed by atoms with E-state index in [1.807, 2.05) is 6.07 Å². The Bertz CT molecular complexity index is 825. The summed E-state index contributed by atoms with van der Waals surface area (Å²) >= 11 is 6.61. The number of quaternary nitrogens is 1. The lowest BCUT2D eigenvalue weighted by atomic mass is 9.91. The summed E-state index contributed by atoms with van der Waals surface area (Å²) in [6.45, 7) is 2.66. The molecule has 2 atom stereocenters. The van der Waals surface area contributed by atoms with Crippen LogP contribution in [0.15, 0.2) is 35.1 Å². The molecule has 3 aliphatic heterocycles. The number of nitrogens with zero attached hydrogens (tertiary/aromatic N) is 4. The van der Waals surface area contributed by atoms with Gasteiger partial charge in [0.05, 0.1) is 36.1 Å². The molecule has 25 heavy (non-hydrogen) atoms. The van der Waals surface area contributed by atoms with Gasteiger partial charge in [-0.1, -0.05) is 11.6 Å². The number of aliphatic imine (C=N–C) groups is 1. The normalized spacial score (nSPS) is 31.4. The molecular formula is C18H18ClN4O2+. The standard InChI is InChI=1S/C18H18ClN4O2/c19-17-9-14(10-20)1-2-16(17)18(22-5-7-25-8-6-22)4-3-15-11-21-12-23(15,18)13-24/h1-2,9,11-13H,3-8H2/q+1. The van der Waals surface area contributed by atoms with Crippen LogP contribution in [-0.2, 0) is 15.2 Å². The molecule has 0 aromatic heterocycles. The third-order valence-corrected chi connectivity index (χ3v) is 5.83. The summed E-state index contributed by atoms with van der Waals surface area (Å²) in [7, 11) is 0. The van der Waals surface area contributed by atoms with Gasteiger partial charge in [0.25, 0.3) is 0 Å². The van der Waals surface area contributed by atoms with Crippen molar-refractivity contribution >= 4 is 24.3 Å². The summed E-state index contributed by atoms with van der Waals surface area (Å²) < 4.78 is 5.55. The summed E-state index contributed by atoms with van der Waals surface area (Å²) in [4.78, 5) is 18.9. The number of hydrogen-bond acceptors (Lipinski definition) is 5. The Morgan fingerprint density at radius 3 is 2.88 bits per heavy atom. The second-order valence-electron chi connectivity index (χ2n) is 6.49. The first kappa shape index (κ1) is 16.4. The molecule has 2 fully saturated rings. The molecule has 1 amide bonds. The molecule has 0 spiro atoms. The van der Waals surface area contributed by atoms with Crippen LogP contribution in [0.1, 0.15) is 24.0 Å². The van der Waals surface area contributed by atoms with Crippen molar-refractivity contribution in [2.45, 2.75) is 18.5 Å². The molecule has 128 valence electrons. The summed E-state index contributed by atoms with van der Waals surface area (Å²) in [5, 5.41) is 9.66. The fourth-order valence-corrected chi connectivity index (χ4v) is 4.72. The highest BCUT2D eigenvalue weighted by atomic mass is 35.5. The first-order valence-corrected chi connectivity index (χ1v) is 8.67. The Labute approximate surface area is 151 Å². The van der Waals surface area contributed by atoms with E-state index >= 15 is 0 Å². The minimum Gasteiger partial charge on any atom is -0.379 e. The van der Waals surface area contributed by atoms with Crippen LogP contribution in [-0.4, -0.2) is 48.4 Å². The van der Waals surface area contributed by atoms with E-state index in [2.05, 4.69) is 16.0 Å². The van der Waals surface area contributed by atoms with Crippen molar-refractivity contribution in [3.05, 3.63) is 46.2 Å². The molecule has 0 aliphatic carbocycles. The number of carbonyl (C=O) groups excluding carboxylic acids is 1. The van der Waals surface area contributed by atoms with Gasteiger partial charge in [0.2, 0.25) is 12.0 Å². The highest BCUT2D eigenvalue weighted by Crippen LogP contribution is 2.54. The summed E-state index contributed by atoms with van der Waals surface area (Å²) in [6, 6.07) is 7.44. The first-order chi connectivity index (χ1) is 12.2. The third-order valence-electron chi connectivity index (χ3n) is 5.52. The zero-order valence-electron chi connectivity index (χ0n) is 13.7. The number of rotatable bonds is 3. The third kappa shape index (κ3) is 2.14. The largest absolute Gasteiger partial charge is 0.379 e. The number of allylic oxidation sites excluding steroid dienone is 1. The van der Waals surface area contributed by atoms with Crippen LogP contribution in [0.2, 0.25) is 5.02 Å². The number of halogens is 1. The molecule has 0 radical (unpaired) electrons. The highest BCUT2D eigenvalue weighted by molar-refractivity contribution is 6.31. The highest BCUT2D eigenvalue weighted by Gasteiger charge is 2.65. The monoisotopic (exact) mass is 357 g/mol. The summed E-state index contributed by atoms with van der Waals surface area (Å²) in [5.41, 5.74) is 1.69. The molecule has 0 bridgehead atoms. The van der Waals surface area contributed by atoms with Crippen LogP contribution >= 0.6 is 11.6 Å². The van der Waals surface area contributed by atoms with E-state index in [1.165, 1.54) is 0 Å². The van der Waals surface area contributed by atoms with Gasteiger partial charge in [0, 0.05) is 31.5 Å². The fraction of sp³-hybridized carbons (Fsp3) is 0.389. The number of morpholine rings is 1. The lowest BCUT2D eigenvalue weighted by molar-refractivity contribution is -0.785. The molecule has 1 aromatic carbocycles. The van der Waals surface area contributed by atoms with E-state index in [0.29, 0.717) is 36.9 Å². The maximum Gasteiger partial charge on any atom is 0.314 e. The number of fused-ring (bicyclic) bond motifs is 1. The smallest absolute Gasteiger partial charge is 0.314 e. The molecule has 6 nitrogen and oxygen atoms in total. The molecule has 1 aromatic rings. The Morgan fingerprint density at radius 2 is 2.20 bits per heavy atom. The zero-order valence-corrected chi connectivity index (χ0v) is 14.4. The van der Waals surface area contributed by atoms with Gasteiger partial charge in [-0.05, 0) is 18.2 Å². The van der Waals surface area contributed by atoms with Crippen LogP contribution in [0.3, 0.4) is 0 Å². The van der Waals surface area contributed by atoms with Gasteiger partial charge in [0.15, 0.2) is 0 Å². The van der Waals surface area contributed by atoms with Crippen LogP contribution < -0.4 is 0 Å². The maximum atomic E-state index is 12.4. The van der Waals surface area contributed by atoms with Crippen molar-refractivity contribution in [3.8, 4) is 6.07 Å². The molecular weight excluding hydrogens is 340 g/mol. The molecule has 7 heteroatoms. The van der Waals surface area contributed by atoms with Crippen molar-refractivity contribution in [2.75, 3.05) is 26.3 Å². The van der Waals surface area contributed by atoms with Crippen LogP contribution in [0, 0.1) is 11.3 Å². The van der Waals surface area contributed by atoms with Crippen molar-refractivity contribution in [1.29, 1.82) is 5.26 Å². The quantitative estimate of drug-likeness (QED) is 0.615. The minimum atomic E-state index is -0.650. The van der Waals surface area contributed by atoms with E-state index in [4.69, 9.17) is 21.6 Å². The number of nitriles is 1. The van der Waals surface area contributed by atoms with Crippen LogP contribution in [0.25, 0.3) is 0 Å². The van der Waals surface area contributed by atoms with Gasteiger partial charge in [-0.2, -0.15) is 9.74 Å². The fourth-order valence-electron chi connectivity index (χ4n) is 4.39. The lowest BCUT2D eigenvalue weighted by Gasteiger charge is -2.48. The topological polar surface area (TPSA) is 65.7 Å². The van der Waals surface area contributed by atoms with E-state index in [-0.39, 0.29) is 4.48 Å².